The van der Waals surface area contributed by atoms with Crippen LogP contribution < -0.4 is 14.4 Å². The minimum atomic E-state index is -4.18. The maximum Gasteiger partial charge on any atom is 0.264 e. The fourth-order valence-corrected chi connectivity index (χ4v) is 5.88. The predicted octanol–water partition coefficient (Wildman–Crippen LogP) is 4.90. The summed E-state index contributed by atoms with van der Waals surface area (Å²) in [5.41, 5.74) is 1.90. The summed E-state index contributed by atoms with van der Waals surface area (Å²) >= 11 is 3.45. The molecule has 1 N–H and O–H groups in total. The summed E-state index contributed by atoms with van der Waals surface area (Å²) in [6.07, 6.45) is 0. The van der Waals surface area contributed by atoms with Crippen molar-refractivity contribution in [3.05, 3.63) is 88.4 Å². The van der Waals surface area contributed by atoms with Crippen LogP contribution in [-0.4, -0.2) is 50.9 Å². The summed E-state index contributed by atoms with van der Waals surface area (Å²) in [5.74, 6) is -0.577. The molecule has 3 aromatic carbocycles. The van der Waals surface area contributed by atoms with E-state index in [1.165, 1.54) is 24.1 Å². The summed E-state index contributed by atoms with van der Waals surface area (Å²) < 4.78 is 35.2. The average Bonchev–Trinajstić information content (AvgIpc) is 2.89. The summed E-state index contributed by atoms with van der Waals surface area (Å²) in [7, 11) is -2.74. The van der Waals surface area contributed by atoms with E-state index in [4.69, 9.17) is 4.74 Å². The summed E-state index contributed by atoms with van der Waals surface area (Å²) in [6.45, 7) is 6.74. The number of amides is 2. The SMILES string of the molecule is COc1ccccc1N(CC(=O)N(Cc1cccc(Br)c1)C(C)C(=O)NC(C)C)S(=O)(=O)c1ccc(C)cc1. The van der Waals surface area contributed by atoms with Gasteiger partial charge in [0.05, 0.1) is 17.7 Å². The average molecular weight is 617 g/mol. The number of rotatable bonds is 11. The van der Waals surface area contributed by atoms with Crippen LogP contribution in [0.4, 0.5) is 5.69 Å². The maximum absolute atomic E-state index is 14.0. The number of carbonyl (C=O) groups excluding carboxylic acids is 2. The van der Waals surface area contributed by atoms with Crippen molar-refractivity contribution in [2.75, 3.05) is 18.0 Å². The number of ether oxygens (including phenoxy) is 1. The number of anilines is 1. The maximum atomic E-state index is 14.0. The van der Waals surface area contributed by atoms with E-state index in [0.717, 1.165) is 19.9 Å². The van der Waals surface area contributed by atoms with Gasteiger partial charge in [0.15, 0.2) is 0 Å². The molecule has 0 heterocycles. The molecule has 0 aliphatic carbocycles. The Kier molecular flexibility index (Phi) is 10.2. The number of halogens is 1. The quantitative estimate of drug-likeness (QED) is 0.331. The molecule has 208 valence electrons. The Bertz CT molecular complexity index is 1410. The minimum Gasteiger partial charge on any atom is -0.495 e. The molecule has 0 saturated carbocycles. The molecule has 3 rings (SSSR count). The van der Waals surface area contributed by atoms with Crippen molar-refractivity contribution in [1.29, 1.82) is 0 Å². The molecular formula is C29H34BrN3O5S. The second kappa shape index (κ2) is 13.1. The molecule has 0 radical (unpaired) electrons. The Balaban J connectivity index is 2.07. The highest BCUT2D eigenvalue weighted by molar-refractivity contribution is 9.10. The molecule has 1 atom stereocenters. The third kappa shape index (κ3) is 7.60. The van der Waals surface area contributed by atoms with Crippen molar-refractivity contribution in [1.82, 2.24) is 10.2 Å². The van der Waals surface area contributed by atoms with Gasteiger partial charge < -0.3 is 15.0 Å². The molecule has 10 heteroatoms. The predicted molar refractivity (Wildman–Crippen MR) is 156 cm³/mol. The topological polar surface area (TPSA) is 96.0 Å². The van der Waals surface area contributed by atoms with Gasteiger partial charge in [0.1, 0.15) is 18.3 Å². The number of para-hydroxylation sites is 2. The molecule has 3 aromatic rings. The molecule has 0 aliphatic rings. The highest BCUT2D eigenvalue weighted by atomic mass is 79.9. The van der Waals surface area contributed by atoms with E-state index >= 15 is 0 Å². The van der Waals surface area contributed by atoms with Crippen LogP contribution in [0.3, 0.4) is 0 Å². The van der Waals surface area contributed by atoms with Crippen molar-refractivity contribution < 1.29 is 22.7 Å². The lowest BCUT2D eigenvalue weighted by molar-refractivity contribution is -0.139. The van der Waals surface area contributed by atoms with Crippen LogP contribution >= 0.6 is 15.9 Å². The third-order valence-electron chi connectivity index (χ3n) is 6.08. The van der Waals surface area contributed by atoms with Gasteiger partial charge >= 0.3 is 0 Å². The van der Waals surface area contributed by atoms with Crippen LogP contribution in [0.25, 0.3) is 0 Å². The Morgan fingerprint density at radius 2 is 1.64 bits per heavy atom. The molecule has 0 aliphatic heterocycles. The highest BCUT2D eigenvalue weighted by Crippen LogP contribution is 2.32. The minimum absolute atomic E-state index is 0.0379. The Hall–Kier alpha value is -3.37. The first kappa shape index (κ1) is 30.2. The lowest BCUT2D eigenvalue weighted by Crippen LogP contribution is -2.52. The summed E-state index contributed by atoms with van der Waals surface area (Å²) in [5, 5.41) is 2.85. The van der Waals surface area contributed by atoms with E-state index in [1.807, 2.05) is 45.0 Å². The molecule has 1 unspecified atom stereocenters. The normalized spacial score (nSPS) is 12.1. The number of nitrogens with one attached hydrogen (secondary N) is 1. The van der Waals surface area contributed by atoms with Gasteiger partial charge in [0.25, 0.3) is 10.0 Å². The number of carbonyl (C=O) groups is 2. The number of aryl methyl sites for hydroxylation is 1. The molecule has 0 spiro atoms. The zero-order chi connectivity index (χ0) is 28.7. The number of hydrogen-bond donors (Lipinski definition) is 1. The van der Waals surface area contributed by atoms with Crippen LogP contribution in [0.1, 0.15) is 31.9 Å². The molecule has 0 bridgehead atoms. The van der Waals surface area contributed by atoms with Crippen LogP contribution in [0, 0.1) is 6.92 Å². The first-order valence-electron chi connectivity index (χ1n) is 12.5. The van der Waals surface area contributed by atoms with Crippen molar-refractivity contribution in [2.45, 2.75) is 51.2 Å². The number of nitrogens with zero attached hydrogens (tertiary/aromatic N) is 2. The number of sulfonamides is 1. The standard InChI is InChI=1S/C29H34BrN3O5S/c1-20(2)31-29(35)22(4)32(18-23-9-8-10-24(30)17-23)28(34)19-33(26-11-6-7-12-27(26)38-5)39(36,37)25-15-13-21(3)14-16-25/h6-17,20,22H,18-19H2,1-5H3,(H,31,35). The molecular weight excluding hydrogens is 582 g/mol. The number of benzene rings is 3. The Morgan fingerprint density at radius 1 is 0.974 bits per heavy atom. The van der Waals surface area contributed by atoms with Crippen molar-refractivity contribution >= 4 is 43.5 Å². The smallest absolute Gasteiger partial charge is 0.264 e. The summed E-state index contributed by atoms with van der Waals surface area (Å²) in [6, 6.07) is 19.5. The molecule has 0 saturated heterocycles. The molecule has 0 fully saturated rings. The largest absolute Gasteiger partial charge is 0.495 e. The van der Waals surface area contributed by atoms with Gasteiger partial charge in [-0.3, -0.25) is 13.9 Å². The lowest BCUT2D eigenvalue weighted by atomic mass is 10.1. The van der Waals surface area contributed by atoms with E-state index in [1.54, 1.807) is 43.3 Å². The van der Waals surface area contributed by atoms with Crippen molar-refractivity contribution in [3.63, 3.8) is 0 Å². The fraction of sp³-hybridized carbons (Fsp3) is 0.310. The van der Waals surface area contributed by atoms with Crippen LogP contribution in [0.15, 0.2) is 82.2 Å². The second-order valence-electron chi connectivity index (χ2n) is 9.49. The van der Waals surface area contributed by atoms with Gasteiger partial charge in [-0.25, -0.2) is 8.42 Å². The molecule has 0 aromatic heterocycles. The van der Waals surface area contributed by atoms with Gasteiger partial charge in [-0.15, -0.1) is 0 Å². The van der Waals surface area contributed by atoms with E-state index in [9.17, 15) is 18.0 Å². The van der Waals surface area contributed by atoms with E-state index < -0.39 is 28.5 Å². The zero-order valence-electron chi connectivity index (χ0n) is 22.7. The monoisotopic (exact) mass is 615 g/mol. The Labute approximate surface area is 239 Å². The van der Waals surface area contributed by atoms with Gasteiger partial charge in [0.2, 0.25) is 11.8 Å². The lowest BCUT2D eigenvalue weighted by Gasteiger charge is -2.32. The highest BCUT2D eigenvalue weighted by Gasteiger charge is 2.33. The van der Waals surface area contributed by atoms with Crippen molar-refractivity contribution in [3.8, 4) is 5.75 Å². The van der Waals surface area contributed by atoms with Gasteiger partial charge in [-0.2, -0.15) is 0 Å². The second-order valence-corrected chi connectivity index (χ2v) is 12.3. The summed E-state index contributed by atoms with van der Waals surface area (Å²) in [4.78, 5) is 28.4. The first-order valence-corrected chi connectivity index (χ1v) is 14.7. The fourth-order valence-electron chi connectivity index (χ4n) is 4.01. The van der Waals surface area contributed by atoms with Crippen molar-refractivity contribution in [2.24, 2.45) is 0 Å². The molecule has 2 amide bonds. The van der Waals surface area contributed by atoms with Gasteiger partial charge in [0, 0.05) is 17.1 Å². The third-order valence-corrected chi connectivity index (χ3v) is 8.35. The van der Waals surface area contributed by atoms with Gasteiger partial charge in [-0.05, 0) is 69.7 Å². The van der Waals surface area contributed by atoms with Crippen LogP contribution in [-0.2, 0) is 26.2 Å². The Morgan fingerprint density at radius 3 is 2.26 bits per heavy atom. The zero-order valence-corrected chi connectivity index (χ0v) is 25.1. The molecule has 39 heavy (non-hydrogen) atoms. The molecule has 8 nitrogen and oxygen atoms in total. The number of methoxy groups -OCH3 is 1. The van der Waals surface area contributed by atoms with E-state index in [-0.39, 0.29) is 29.1 Å². The van der Waals surface area contributed by atoms with Gasteiger partial charge in [-0.1, -0.05) is 57.9 Å². The van der Waals surface area contributed by atoms with E-state index in [2.05, 4.69) is 21.2 Å². The van der Waals surface area contributed by atoms with E-state index in [0.29, 0.717) is 5.75 Å². The first-order chi connectivity index (χ1) is 18.4. The van der Waals surface area contributed by atoms with Crippen LogP contribution in [0.2, 0.25) is 0 Å². The van der Waals surface area contributed by atoms with Crippen LogP contribution in [0.5, 0.6) is 5.75 Å². The number of hydrogen-bond acceptors (Lipinski definition) is 5.